The highest BCUT2D eigenvalue weighted by molar-refractivity contribution is 5.97. The summed E-state index contributed by atoms with van der Waals surface area (Å²) in [5, 5.41) is 6.42. The van der Waals surface area contributed by atoms with Crippen LogP contribution in [-0.2, 0) is 4.79 Å². The van der Waals surface area contributed by atoms with Crippen LogP contribution in [0, 0.1) is 11.3 Å². The molecule has 1 spiro atoms. The maximum Gasteiger partial charge on any atom is 0.253 e. The number of piperidine rings is 1. The van der Waals surface area contributed by atoms with Gasteiger partial charge in [0.15, 0.2) is 0 Å². The Morgan fingerprint density at radius 3 is 2.41 bits per heavy atom. The van der Waals surface area contributed by atoms with Gasteiger partial charge in [-0.25, -0.2) is 0 Å². The molecule has 0 radical (unpaired) electrons. The van der Waals surface area contributed by atoms with Crippen LogP contribution in [0.5, 0.6) is 0 Å². The van der Waals surface area contributed by atoms with Crippen LogP contribution in [0.1, 0.15) is 61.7 Å². The van der Waals surface area contributed by atoms with Gasteiger partial charge in [-0.3, -0.25) is 9.59 Å². The molecule has 0 aromatic heterocycles. The van der Waals surface area contributed by atoms with Crippen molar-refractivity contribution < 1.29 is 9.59 Å². The highest BCUT2D eigenvalue weighted by atomic mass is 16.2. The number of hydrogen-bond acceptors (Lipinski definition) is 3. The van der Waals surface area contributed by atoms with E-state index in [1.165, 1.54) is 19.3 Å². The zero-order valence-corrected chi connectivity index (χ0v) is 16.3. The van der Waals surface area contributed by atoms with Crippen molar-refractivity contribution in [1.29, 1.82) is 0 Å². The van der Waals surface area contributed by atoms with Crippen molar-refractivity contribution in [2.75, 3.05) is 25.5 Å². The van der Waals surface area contributed by atoms with Crippen molar-refractivity contribution in [2.24, 2.45) is 11.3 Å². The first-order chi connectivity index (χ1) is 13.1. The number of carbonyl (C=O) groups is 2. The SMILES string of the molecule is CN(C(=O)c1ccc(NC(=O)C2CC23CCNCC3)cc1)C1CCCCC1. The Balaban J connectivity index is 1.33. The lowest BCUT2D eigenvalue weighted by Crippen LogP contribution is -2.38. The smallest absolute Gasteiger partial charge is 0.253 e. The third kappa shape index (κ3) is 3.88. The summed E-state index contributed by atoms with van der Waals surface area (Å²) in [4.78, 5) is 27.2. The molecule has 1 aliphatic heterocycles. The number of nitrogens with zero attached hydrogens (tertiary/aromatic N) is 1. The number of amides is 2. The molecule has 1 aromatic carbocycles. The van der Waals surface area contributed by atoms with Crippen LogP contribution < -0.4 is 10.6 Å². The van der Waals surface area contributed by atoms with E-state index >= 15 is 0 Å². The van der Waals surface area contributed by atoms with Crippen LogP contribution in [0.4, 0.5) is 5.69 Å². The summed E-state index contributed by atoms with van der Waals surface area (Å²) in [6.45, 7) is 2.05. The van der Waals surface area contributed by atoms with E-state index in [-0.39, 0.29) is 23.1 Å². The number of hydrogen-bond donors (Lipinski definition) is 2. The van der Waals surface area contributed by atoms with E-state index in [0.29, 0.717) is 11.6 Å². The maximum absolute atomic E-state index is 12.7. The minimum Gasteiger partial charge on any atom is -0.339 e. The van der Waals surface area contributed by atoms with Crippen molar-refractivity contribution in [1.82, 2.24) is 10.2 Å². The van der Waals surface area contributed by atoms with Gasteiger partial charge in [-0.2, -0.15) is 0 Å². The highest BCUT2D eigenvalue weighted by Gasteiger charge is 2.57. The molecule has 0 bridgehead atoms. The molecule has 1 heterocycles. The molecular weight excluding hydrogens is 338 g/mol. The molecule has 1 aromatic rings. The molecule has 2 saturated carbocycles. The quantitative estimate of drug-likeness (QED) is 0.855. The molecule has 5 nitrogen and oxygen atoms in total. The van der Waals surface area contributed by atoms with Gasteiger partial charge in [-0.1, -0.05) is 19.3 Å². The molecule has 1 atom stereocenters. The second-order valence-corrected chi connectivity index (χ2v) is 8.64. The molecule has 1 unspecified atom stereocenters. The molecule has 146 valence electrons. The van der Waals surface area contributed by atoms with Crippen LogP contribution >= 0.6 is 0 Å². The fourth-order valence-electron chi connectivity index (χ4n) is 4.96. The third-order valence-corrected chi connectivity index (χ3v) is 6.95. The van der Waals surface area contributed by atoms with Crippen molar-refractivity contribution >= 4 is 17.5 Å². The average molecular weight is 370 g/mol. The Kier molecular flexibility index (Phi) is 5.22. The van der Waals surface area contributed by atoms with Gasteiger partial charge in [-0.15, -0.1) is 0 Å². The van der Waals surface area contributed by atoms with Gasteiger partial charge in [0, 0.05) is 30.3 Å². The fourth-order valence-corrected chi connectivity index (χ4v) is 4.96. The number of anilines is 1. The average Bonchev–Trinajstić information content (AvgIpc) is 3.41. The van der Waals surface area contributed by atoms with Gasteiger partial charge in [0.25, 0.3) is 5.91 Å². The second kappa shape index (κ2) is 7.63. The maximum atomic E-state index is 12.7. The van der Waals surface area contributed by atoms with E-state index in [2.05, 4.69) is 10.6 Å². The van der Waals surface area contributed by atoms with E-state index in [9.17, 15) is 9.59 Å². The molecule has 3 aliphatic rings. The molecule has 27 heavy (non-hydrogen) atoms. The largest absolute Gasteiger partial charge is 0.339 e. The molecule has 5 heteroatoms. The van der Waals surface area contributed by atoms with Gasteiger partial charge < -0.3 is 15.5 Å². The molecule has 1 saturated heterocycles. The Morgan fingerprint density at radius 1 is 1.07 bits per heavy atom. The van der Waals surface area contributed by atoms with Crippen LogP contribution in [0.2, 0.25) is 0 Å². The van der Waals surface area contributed by atoms with Crippen molar-refractivity contribution in [2.45, 2.75) is 57.4 Å². The molecule has 2 N–H and O–H groups in total. The Morgan fingerprint density at radius 2 is 1.74 bits per heavy atom. The standard InChI is InChI=1S/C22H31N3O2/c1-25(18-5-3-2-4-6-18)21(27)16-7-9-17(10-8-16)24-20(26)19-15-22(19)11-13-23-14-12-22/h7-10,18-19,23H,2-6,11-15H2,1H3,(H,24,26). The van der Waals surface area contributed by atoms with Gasteiger partial charge >= 0.3 is 0 Å². The Bertz CT molecular complexity index is 688. The zero-order chi connectivity index (χ0) is 18.9. The molecule has 4 rings (SSSR count). The van der Waals surface area contributed by atoms with Gasteiger partial charge in [0.2, 0.25) is 5.91 Å². The Hall–Kier alpha value is -1.88. The molecule has 2 amide bonds. The molecule has 2 aliphatic carbocycles. The summed E-state index contributed by atoms with van der Waals surface area (Å²) in [7, 11) is 1.92. The van der Waals surface area contributed by atoms with Gasteiger partial charge in [-0.05, 0) is 74.9 Å². The molecular formula is C22H31N3O2. The van der Waals surface area contributed by atoms with E-state index < -0.39 is 0 Å². The highest BCUT2D eigenvalue weighted by Crippen LogP contribution is 2.58. The summed E-state index contributed by atoms with van der Waals surface area (Å²) in [5.41, 5.74) is 1.73. The minimum atomic E-state index is 0.0793. The van der Waals surface area contributed by atoms with Crippen molar-refractivity contribution in [3.63, 3.8) is 0 Å². The normalized spacial score (nSPS) is 24.4. The lowest BCUT2D eigenvalue weighted by atomic mass is 9.92. The minimum absolute atomic E-state index is 0.0793. The van der Waals surface area contributed by atoms with E-state index in [1.807, 2.05) is 36.2 Å². The van der Waals surface area contributed by atoms with Crippen molar-refractivity contribution in [3.8, 4) is 0 Å². The Labute approximate surface area is 161 Å². The van der Waals surface area contributed by atoms with Gasteiger partial charge in [0.1, 0.15) is 0 Å². The van der Waals surface area contributed by atoms with E-state index in [4.69, 9.17) is 0 Å². The summed E-state index contributed by atoms with van der Waals surface area (Å²) in [6.07, 6.45) is 9.15. The summed E-state index contributed by atoms with van der Waals surface area (Å²) >= 11 is 0. The van der Waals surface area contributed by atoms with Crippen LogP contribution in [0.3, 0.4) is 0 Å². The fraction of sp³-hybridized carbons (Fsp3) is 0.636. The summed E-state index contributed by atoms with van der Waals surface area (Å²) < 4.78 is 0. The lowest BCUT2D eigenvalue weighted by molar-refractivity contribution is -0.118. The predicted molar refractivity (Wildman–Crippen MR) is 107 cm³/mol. The zero-order valence-electron chi connectivity index (χ0n) is 16.3. The van der Waals surface area contributed by atoms with E-state index in [1.54, 1.807) is 0 Å². The van der Waals surface area contributed by atoms with Gasteiger partial charge in [0.05, 0.1) is 0 Å². The molecule has 3 fully saturated rings. The monoisotopic (exact) mass is 369 g/mol. The first kappa shape index (κ1) is 18.5. The lowest BCUT2D eigenvalue weighted by Gasteiger charge is -2.31. The number of rotatable bonds is 4. The second-order valence-electron chi connectivity index (χ2n) is 8.64. The van der Waals surface area contributed by atoms with Crippen molar-refractivity contribution in [3.05, 3.63) is 29.8 Å². The number of carbonyl (C=O) groups excluding carboxylic acids is 2. The predicted octanol–water partition coefficient (Wildman–Crippen LogP) is 3.42. The first-order valence-electron chi connectivity index (χ1n) is 10.5. The topological polar surface area (TPSA) is 61.4 Å². The van der Waals surface area contributed by atoms with Crippen LogP contribution in [0.15, 0.2) is 24.3 Å². The third-order valence-electron chi connectivity index (χ3n) is 6.95. The summed E-state index contributed by atoms with van der Waals surface area (Å²) in [5.74, 6) is 0.365. The van der Waals surface area contributed by atoms with E-state index in [0.717, 1.165) is 50.9 Å². The first-order valence-corrected chi connectivity index (χ1v) is 10.5. The number of nitrogens with one attached hydrogen (secondary N) is 2. The van der Waals surface area contributed by atoms with Crippen LogP contribution in [-0.4, -0.2) is 42.9 Å². The van der Waals surface area contributed by atoms with Crippen LogP contribution in [0.25, 0.3) is 0 Å². The summed E-state index contributed by atoms with van der Waals surface area (Å²) in [6, 6.07) is 7.76. The number of benzene rings is 1.